The molecule has 1 atom stereocenters. The monoisotopic (exact) mass is 324 g/mol. The largest absolute Gasteiger partial charge is 0.491 e. The van der Waals surface area contributed by atoms with Crippen molar-refractivity contribution in [1.82, 2.24) is 9.55 Å². The number of imidazole rings is 1. The third-order valence-electron chi connectivity index (χ3n) is 4.42. The average Bonchev–Trinajstić information content (AvgIpc) is 2.95. The van der Waals surface area contributed by atoms with Crippen molar-refractivity contribution in [2.45, 2.75) is 39.8 Å². The van der Waals surface area contributed by atoms with Gasteiger partial charge in [0.2, 0.25) is 0 Å². The van der Waals surface area contributed by atoms with E-state index >= 15 is 0 Å². The van der Waals surface area contributed by atoms with E-state index in [-0.39, 0.29) is 6.61 Å². The Kier molecular flexibility index (Phi) is 4.86. The number of rotatable bonds is 6. The maximum Gasteiger partial charge on any atom is 0.119 e. The highest BCUT2D eigenvalue weighted by molar-refractivity contribution is 5.77. The number of benzene rings is 2. The van der Waals surface area contributed by atoms with Gasteiger partial charge >= 0.3 is 0 Å². The third kappa shape index (κ3) is 3.60. The maximum absolute atomic E-state index is 10.3. The summed E-state index contributed by atoms with van der Waals surface area (Å²) in [6, 6.07) is 12.2. The molecule has 126 valence electrons. The lowest BCUT2D eigenvalue weighted by atomic mass is 10.1. The number of aromatic nitrogens is 2. The van der Waals surface area contributed by atoms with Gasteiger partial charge in [-0.05, 0) is 61.2 Å². The molecule has 0 bridgehead atoms. The second kappa shape index (κ2) is 7.05. The predicted octanol–water partition coefficient (Wildman–Crippen LogP) is 3.66. The van der Waals surface area contributed by atoms with Crippen LogP contribution in [-0.2, 0) is 13.0 Å². The Balaban J connectivity index is 1.64. The minimum atomic E-state index is -0.588. The first-order valence-corrected chi connectivity index (χ1v) is 8.38. The van der Waals surface area contributed by atoms with Gasteiger partial charge in [0.05, 0.1) is 23.9 Å². The van der Waals surface area contributed by atoms with Crippen molar-refractivity contribution in [2.24, 2.45) is 0 Å². The van der Waals surface area contributed by atoms with E-state index < -0.39 is 6.10 Å². The van der Waals surface area contributed by atoms with Crippen molar-refractivity contribution in [3.05, 3.63) is 59.4 Å². The molecule has 0 spiro atoms. The molecule has 0 saturated carbocycles. The normalized spacial score (nSPS) is 12.5. The fourth-order valence-corrected chi connectivity index (χ4v) is 2.75. The van der Waals surface area contributed by atoms with Crippen molar-refractivity contribution >= 4 is 11.0 Å². The predicted molar refractivity (Wildman–Crippen MR) is 96.5 cm³/mol. The molecule has 1 unspecified atom stereocenters. The molecular formula is C20H24N2O2. The first-order chi connectivity index (χ1) is 11.6. The molecule has 0 aliphatic carbocycles. The van der Waals surface area contributed by atoms with E-state index in [0.29, 0.717) is 6.54 Å². The molecule has 0 fully saturated rings. The summed E-state index contributed by atoms with van der Waals surface area (Å²) in [5.74, 6) is 0.785. The highest BCUT2D eigenvalue weighted by atomic mass is 16.5. The first-order valence-electron chi connectivity index (χ1n) is 8.38. The highest BCUT2D eigenvalue weighted by Gasteiger charge is 2.10. The van der Waals surface area contributed by atoms with Gasteiger partial charge in [-0.15, -0.1) is 0 Å². The summed E-state index contributed by atoms with van der Waals surface area (Å²) < 4.78 is 7.67. The molecule has 24 heavy (non-hydrogen) atoms. The summed E-state index contributed by atoms with van der Waals surface area (Å²) in [5.41, 5.74) is 5.74. The quantitative estimate of drug-likeness (QED) is 0.753. The molecule has 0 radical (unpaired) electrons. The van der Waals surface area contributed by atoms with Crippen LogP contribution in [0.2, 0.25) is 0 Å². The molecule has 4 nitrogen and oxygen atoms in total. The topological polar surface area (TPSA) is 47.3 Å². The number of aliphatic hydroxyl groups excluding tert-OH is 1. The minimum Gasteiger partial charge on any atom is -0.491 e. The molecule has 4 heteroatoms. The Morgan fingerprint density at radius 1 is 1.12 bits per heavy atom. The van der Waals surface area contributed by atoms with Gasteiger partial charge < -0.3 is 14.4 Å². The fourth-order valence-electron chi connectivity index (χ4n) is 2.75. The van der Waals surface area contributed by atoms with Gasteiger partial charge in [0.15, 0.2) is 0 Å². The SMILES string of the molecule is CCc1ccc(OCC(O)Cn2cnc3cc(C)c(C)cc32)cc1. The van der Waals surface area contributed by atoms with Crippen molar-refractivity contribution in [1.29, 1.82) is 0 Å². The van der Waals surface area contributed by atoms with Gasteiger partial charge in [-0.1, -0.05) is 19.1 Å². The number of ether oxygens (including phenoxy) is 1. The maximum atomic E-state index is 10.3. The van der Waals surface area contributed by atoms with E-state index in [9.17, 15) is 5.11 Å². The Labute approximate surface area is 142 Å². The van der Waals surface area contributed by atoms with Crippen LogP contribution in [0.5, 0.6) is 5.75 Å². The van der Waals surface area contributed by atoms with Crippen LogP contribution in [0, 0.1) is 13.8 Å². The Hall–Kier alpha value is -2.33. The molecular weight excluding hydrogens is 300 g/mol. The average molecular weight is 324 g/mol. The lowest BCUT2D eigenvalue weighted by Crippen LogP contribution is -2.23. The smallest absolute Gasteiger partial charge is 0.119 e. The second-order valence-electron chi connectivity index (χ2n) is 6.28. The third-order valence-corrected chi connectivity index (χ3v) is 4.42. The summed E-state index contributed by atoms with van der Waals surface area (Å²) in [6.07, 6.45) is 2.20. The lowest BCUT2D eigenvalue weighted by Gasteiger charge is -2.14. The number of nitrogens with zero attached hydrogens (tertiary/aromatic N) is 2. The Morgan fingerprint density at radius 3 is 2.54 bits per heavy atom. The van der Waals surface area contributed by atoms with E-state index in [4.69, 9.17) is 4.74 Å². The first kappa shape index (κ1) is 16.5. The van der Waals surface area contributed by atoms with E-state index in [2.05, 4.69) is 50.0 Å². The fraction of sp³-hybridized carbons (Fsp3) is 0.350. The zero-order valence-electron chi connectivity index (χ0n) is 14.5. The van der Waals surface area contributed by atoms with E-state index in [0.717, 1.165) is 23.2 Å². The number of aliphatic hydroxyl groups is 1. The van der Waals surface area contributed by atoms with Crippen molar-refractivity contribution < 1.29 is 9.84 Å². The van der Waals surface area contributed by atoms with Crippen LogP contribution in [0.3, 0.4) is 0 Å². The molecule has 0 amide bonds. The van der Waals surface area contributed by atoms with Crippen molar-refractivity contribution in [2.75, 3.05) is 6.61 Å². The van der Waals surface area contributed by atoms with Gasteiger partial charge in [-0.25, -0.2) is 4.98 Å². The number of hydrogen-bond donors (Lipinski definition) is 1. The van der Waals surface area contributed by atoms with Crippen molar-refractivity contribution in [3.8, 4) is 5.75 Å². The summed E-state index contributed by atoms with van der Waals surface area (Å²) in [7, 11) is 0. The van der Waals surface area contributed by atoms with E-state index in [1.165, 1.54) is 16.7 Å². The van der Waals surface area contributed by atoms with E-state index in [1.807, 2.05) is 16.7 Å². The molecule has 3 aromatic rings. The van der Waals surface area contributed by atoms with E-state index in [1.54, 1.807) is 6.33 Å². The lowest BCUT2D eigenvalue weighted by molar-refractivity contribution is 0.0934. The summed E-state index contributed by atoms with van der Waals surface area (Å²) >= 11 is 0. The highest BCUT2D eigenvalue weighted by Crippen LogP contribution is 2.19. The number of aryl methyl sites for hydroxylation is 3. The van der Waals surface area contributed by atoms with Crippen LogP contribution in [0.15, 0.2) is 42.7 Å². The van der Waals surface area contributed by atoms with Crippen LogP contribution in [-0.4, -0.2) is 27.4 Å². The van der Waals surface area contributed by atoms with Crippen LogP contribution < -0.4 is 4.74 Å². The zero-order valence-corrected chi connectivity index (χ0v) is 14.5. The standard InChI is InChI=1S/C20H24N2O2/c1-4-16-5-7-18(8-6-16)24-12-17(23)11-22-13-21-19-9-14(2)15(3)10-20(19)22/h5-10,13,17,23H,4,11-12H2,1-3H3. The summed E-state index contributed by atoms with van der Waals surface area (Å²) in [6.45, 7) is 7.02. The van der Waals surface area contributed by atoms with Gasteiger partial charge in [0, 0.05) is 0 Å². The molecule has 0 aliphatic heterocycles. The van der Waals surface area contributed by atoms with Crippen molar-refractivity contribution in [3.63, 3.8) is 0 Å². The zero-order chi connectivity index (χ0) is 17.1. The van der Waals surface area contributed by atoms with Crippen LogP contribution in [0.25, 0.3) is 11.0 Å². The molecule has 1 heterocycles. The van der Waals surface area contributed by atoms with Crippen LogP contribution >= 0.6 is 0 Å². The molecule has 1 N–H and O–H groups in total. The number of hydrogen-bond acceptors (Lipinski definition) is 3. The molecule has 3 rings (SSSR count). The van der Waals surface area contributed by atoms with Gasteiger partial charge in [0.1, 0.15) is 18.5 Å². The Morgan fingerprint density at radius 2 is 1.83 bits per heavy atom. The second-order valence-corrected chi connectivity index (χ2v) is 6.28. The Bertz CT molecular complexity index is 822. The summed E-state index contributed by atoms with van der Waals surface area (Å²) in [5, 5.41) is 10.3. The molecule has 2 aromatic carbocycles. The molecule has 0 saturated heterocycles. The van der Waals surface area contributed by atoms with Gasteiger partial charge in [-0.2, -0.15) is 0 Å². The summed E-state index contributed by atoms with van der Waals surface area (Å²) in [4.78, 5) is 4.42. The van der Waals surface area contributed by atoms with Gasteiger partial charge in [-0.3, -0.25) is 0 Å². The van der Waals surface area contributed by atoms with Crippen LogP contribution in [0.4, 0.5) is 0 Å². The molecule has 1 aromatic heterocycles. The number of fused-ring (bicyclic) bond motifs is 1. The molecule has 0 aliphatic rings. The van der Waals surface area contributed by atoms with Gasteiger partial charge in [0.25, 0.3) is 0 Å². The van der Waals surface area contributed by atoms with Crippen LogP contribution in [0.1, 0.15) is 23.6 Å². The minimum absolute atomic E-state index is 0.260.